The number of carbonyl (C=O) groups excluding carboxylic acids is 9. The number of hydrogen-bond acceptors (Lipinski definition) is 20. The topological polar surface area (TPSA) is 453 Å². The van der Waals surface area contributed by atoms with Gasteiger partial charge in [-0.15, -0.1) is 0 Å². The number of ether oxygens (including phenoxy) is 1. The quantitative estimate of drug-likeness (QED) is 0.134. The van der Waals surface area contributed by atoms with Crippen LogP contribution in [0.3, 0.4) is 0 Å². The lowest BCUT2D eigenvalue weighted by Crippen LogP contribution is -2.18. The Balaban J connectivity index is -0.0000000131. The molecule has 0 atom stereocenters. The molecule has 0 aromatic heterocycles. The molecule has 460 valence electrons. The standard InChI is InChI=1S/C8H9Cl.C6H14O.2C5H12.C4H10.C3H8O.3C2H6.5CH5N.9CH2O.4H3N/c1-2-7-4-3-5-8(9)6-7;1-5-7-6(2,3)4;2*1-4-5(2)3;1-4(2)3;1-3(2)4;17*1-2;;;;/h3-6H,2H2,1H3;5H2,1-4H3;2*5H,4H2,1-3H3;4H,1-3H3;3-4H,1-2H3;3*1-2H3;5*2H2,1H3;9*1H2;4*1H3. The Morgan fingerprint density at radius 3 is 0.681 bits per heavy atom. The summed E-state index contributed by atoms with van der Waals surface area (Å²) in [4.78, 5) is 72.0. The summed E-state index contributed by atoms with van der Waals surface area (Å²) >= 11 is 5.72. The second kappa shape index (κ2) is 346. The molecule has 1 aromatic rings. The van der Waals surface area contributed by atoms with Gasteiger partial charge in [0.25, 0.3) is 0 Å². The molecule has 1 rings (SSSR count). The van der Waals surface area contributed by atoms with Crippen LogP contribution < -0.4 is 53.3 Å². The number of carbonyl (C=O) groups is 9. The van der Waals surface area contributed by atoms with Gasteiger partial charge < -0.3 is 106 Å². The van der Waals surface area contributed by atoms with E-state index in [0.29, 0.717) is 0 Å². The maximum Gasteiger partial charge on any atom is 0.106 e. The van der Waals surface area contributed by atoms with Crippen molar-refractivity contribution in [1.29, 1.82) is 0 Å². The summed E-state index contributed by atoms with van der Waals surface area (Å²) in [7, 11) is 7.50. The van der Waals surface area contributed by atoms with Crippen LogP contribution in [0.5, 0.6) is 0 Å². The van der Waals surface area contributed by atoms with Gasteiger partial charge in [-0.05, 0) is 119 Å². The van der Waals surface area contributed by atoms with Gasteiger partial charge in [0, 0.05) is 17.7 Å². The molecule has 0 unspecified atom stereocenters. The molecule has 0 radical (unpaired) electrons. The average Bonchev–Trinajstić information content (AvgIpc) is 3.41. The van der Waals surface area contributed by atoms with Crippen molar-refractivity contribution in [3.63, 3.8) is 0 Å². The van der Waals surface area contributed by atoms with E-state index in [9.17, 15) is 0 Å². The summed E-state index contributed by atoms with van der Waals surface area (Å²) in [6.45, 7) is 64.3. The van der Waals surface area contributed by atoms with Gasteiger partial charge in [0.1, 0.15) is 61.1 Å². The van der Waals surface area contributed by atoms with Gasteiger partial charge in [-0.25, -0.2) is 0 Å². The first-order valence-corrected chi connectivity index (χ1v) is 22.3. The number of nitrogens with two attached hydrogens (primary N) is 5. The molecule has 0 spiro atoms. The highest BCUT2D eigenvalue weighted by Crippen LogP contribution is 2.10. The lowest BCUT2D eigenvalue weighted by molar-refractivity contribution is -0.0987. The number of halogens is 1. The maximum absolute atomic E-state index is 8.06. The zero-order valence-electron chi connectivity index (χ0n) is 52.9. The summed E-state index contributed by atoms with van der Waals surface area (Å²) < 4.78 is 5.23. The fraction of sp³-hybridized carbons (Fsp3) is 0.706. The Bertz CT molecular complexity index is 625. The Labute approximate surface area is 455 Å². The van der Waals surface area contributed by atoms with Crippen LogP contribution in [0.1, 0.15) is 171 Å². The fourth-order valence-corrected chi connectivity index (χ4v) is 1.40. The number of aliphatic hydroxyl groups is 1. The van der Waals surface area contributed by atoms with Crippen molar-refractivity contribution in [2.24, 2.45) is 46.4 Å². The normalized spacial score (nSPS) is 5.86. The van der Waals surface area contributed by atoms with Gasteiger partial charge in [-0.2, -0.15) is 0 Å². The van der Waals surface area contributed by atoms with E-state index in [2.05, 4.69) is 125 Å². The molecule has 0 fully saturated rings. The first-order valence-electron chi connectivity index (χ1n) is 21.9. The largest absolute Gasteiger partial charge is 0.394 e. The third-order valence-corrected chi connectivity index (χ3v) is 3.74. The Hall–Kier alpha value is -3.90. The zero-order chi connectivity index (χ0) is 62.3. The monoisotopic (exact) mass is 1090 g/mol. The molecule has 1 aromatic carbocycles. The minimum Gasteiger partial charge on any atom is -0.394 e. The van der Waals surface area contributed by atoms with E-state index in [1.54, 1.807) is 13.8 Å². The summed E-state index contributed by atoms with van der Waals surface area (Å²) in [5.74, 6) is 2.60. The molecule has 0 saturated heterocycles. The van der Waals surface area contributed by atoms with Crippen LogP contribution in [0.25, 0.3) is 0 Å². The van der Waals surface area contributed by atoms with Crippen molar-refractivity contribution in [3.8, 4) is 0 Å². The third kappa shape index (κ3) is 1080. The van der Waals surface area contributed by atoms with Gasteiger partial charge in [-0.1, -0.05) is 147 Å². The van der Waals surface area contributed by atoms with Gasteiger partial charge in [0.2, 0.25) is 0 Å². The number of hydrogen-bond donors (Lipinski definition) is 10. The fourth-order valence-electron chi connectivity index (χ4n) is 1.19. The van der Waals surface area contributed by atoms with Crippen LogP contribution in [0.15, 0.2) is 24.3 Å². The van der Waals surface area contributed by atoms with E-state index < -0.39 is 0 Å². The van der Waals surface area contributed by atoms with E-state index in [0.717, 1.165) is 35.8 Å². The van der Waals surface area contributed by atoms with Crippen LogP contribution in [0, 0.1) is 17.8 Å². The van der Waals surface area contributed by atoms with Crippen molar-refractivity contribution in [3.05, 3.63) is 34.9 Å². The summed E-state index contributed by atoms with van der Waals surface area (Å²) in [5, 5.41) is 8.88. The third-order valence-electron chi connectivity index (χ3n) is 3.51. The highest BCUT2D eigenvalue weighted by molar-refractivity contribution is 6.30. The minimum absolute atomic E-state index is 0. The number of aliphatic hydroxyl groups excluding tert-OH is 1. The first kappa shape index (κ1) is 173. The highest BCUT2D eigenvalue weighted by atomic mass is 35.5. The molecule has 0 heterocycles. The van der Waals surface area contributed by atoms with Crippen molar-refractivity contribution >= 4 is 72.7 Å². The molecular formula is C51H138ClN9O11. The summed E-state index contributed by atoms with van der Waals surface area (Å²) in [6, 6.07) is 7.93. The molecular weight excluding hydrogens is 950 g/mol. The Kier molecular flexibility index (Phi) is 832. The van der Waals surface area contributed by atoms with Crippen LogP contribution in [0.4, 0.5) is 0 Å². The van der Waals surface area contributed by atoms with E-state index >= 15 is 0 Å². The molecule has 23 N–H and O–H groups in total. The van der Waals surface area contributed by atoms with Crippen LogP contribution in [-0.2, 0) is 54.3 Å². The lowest BCUT2D eigenvalue weighted by atomic mass is 10.2. The maximum atomic E-state index is 8.06. The molecule has 20 nitrogen and oxygen atoms in total. The predicted molar refractivity (Wildman–Crippen MR) is 329 cm³/mol. The van der Waals surface area contributed by atoms with Crippen molar-refractivity contribution in [1.82, 2.24) is 24.6 Å². The van der Waals surface area contributed by atoms with Crippen LogP contribution in [0.2, 0.25) is 5.02 Å². The smallest absolute Gasteiger partial charge is 0.106 e. The summed E-state index contributed by atoms with van der Waals surface area (Å²) in [5.41, 5.74) is 23.8. The summed E-state index contributed by atoms with van der Waals surface area (Å²) in [6.07, 6.45) is 3.50. The minimum atomic E-state index is -0.167. The SMILES string of the molecule is C=O.C=O.C=O.C=O.C=O.C=O.C=O.C=O.C=O.CC.CC.CC.CC(C)C.CC(C)O.CCC(C)C.CCC(C)C.CCOC(C)(C)C.CCc1cccc(Cl)c1.CN.CN.CN.CN.CN.N.N.N.N. The van der Waals surface area contributed by atoms with Gasteiger partial charge in [0.05, 0.1) is 5.60 Å². The molecule has 0 amide bonds. The number of aryl methyl sites for hydroxylation is 1. The Morgan fingerprint density at radius 2 is 0.625 bits per heavy atom. The number of benzene rings is 1. The van der Waals surface area contributed by atoms with E-state index in [1.165, 1.54) is 53.6 Å². The van der Waals surface area contributed by atoms with Crippen molar-refractivity contribution in [2.45, 2.75) is 183 Å². The van der Waals surface area contributed by atoms with Crippen molar-refractivity contribution in [2.75, 3.05) is 41.8 Å². The van der Waals surface area contributed by atoms with Crippen molar-refractivity contribution < 1.29 is 53.0 Å². The van der Waals surface area contributed by atoms with Gasteiger partial charge in [0.15, 0.2) is 0 Å². The molecule has 0 bridgehead atoms. The number of rotatable bonds is 4. The Morgan fingerprint density at radius 1 is 0.472 bits per heavy atom. The van der Waals surface area contributed by atoms with Crippen LogP contribution >= 0.6 is 11.6 Å². The van der Waals surface area contributed by atoms with E-state index in [1.807, 2.05) is 128 Å². The molecule has 0 aliphatic carbocycles. The second-order valence-electron chi connectivity index (χ2n) is 11.0. The molecule has 0 saturated carbocycles. The lowest BCUT2D eigenvalue weighted by Gasteiger charge is -2.17. The molecule has 21 heteroatoms. The van der Waals surface area contributed by atoms with Gasteiger partial charge >= 0.3 is 0 Å². The average molecular weight is 1090 g/mol. The molecule has 0 aliphatic rings. The van der Waals surface area contributed by atoms with Crippen LogP contribution in [-0.4, -0.2) is 120 Å². The highest BCUT2D eigenvalue weighted by Gasteiger charge is 2.06. The zero-order valence-corrected chi connectivity index (χ0v) is 53.7. The molecule has 0 aliphatic heterocycles. The first-order chi connectivity index (χ1) is 32.4. The molecule has 72 heavy (non-hydrogen) atoms. The van der Waals surface area contributed by atoms with E-state index in [4.69, 9.17) is 64.6 Å². The predicted octanol–water partition coefficient (Wildman–Crippen LogP) is 10.8. The second-order valence-corrected chi connectivity index (χ2v) is 11.4. The van der Waals surface area contributed by atoms with Gasteiger partial charge in [-0.3, -0.25) is 0 Å². The van der Waals surface area contributed by atoms with E-state index in [-0.39, 0.29) is 36.3 Å².